The van der Waals surface area contributed by atoms with Crippen LogP contribution in [0, 0.1) is 6.92 Å². The first kappa shape index (κ1) is 18.2. The second-order valence-corrected chi connectivity index (χ2v) is 8.11. The number of anilines is 1. The smallest absolute Gasteiger partial charge is 0.339 e. The molecule has 1 aromatic carbocycles. The number of hydrogen-bond acceptors (Lipinski definition) is 5. The van der Waals surface area contributed by atoms with Crippen LogP contribution in [-0.2, 0) is 0 Å². The summed E-state index contributed by atoms with van der Waals surface area (Å²) in [4.78, 5) is 25.6. The molecule has 1 amide bonds. The maximum Gasteiger partial charge on any atom is 0.339 e. The summed E-state index contributed by atoms with van der Waals surface area (Å²) in [5, 5.41) is 16.7. The number of aromatic carboxylic acids is 1. The van der Waals surface area contributed by atoms with Crippen molar-refractivity contribution in [3.8, 4) is 22.3 Å². The molecular weight excluding hydrogens is 394 g/mol. The first-order valence-electron chi connectivity index (χ1n) is 8.38. The summed E-state index contributed by atoms with van der Waals surface area (Å²) in [5.74, 6) is -1.42. The molecule has 2 N–H and O–H groups in total. The Kier molecular flexibility index (Phi) is 4.85. The highest BCUT2D eigenvalue weighted by Crippen LogP contribution is 2.40. The van der Waals surface area contributed by atoms with Gasteiger partial charge in [-0.2, -0.15) is 11.3 Å². The minimum atomic E-state index is -1.06. The third kappa shape index (κ3) is 3.37. The van der Waals surface area contributed by atoms with Gasteiger partial charge in [0, 0.05) is 21.6 Å². The highest BCUT2D eigenvalue weighted by molar-refractivity contribution is 7.17. The predicted molar refractivity (Wildman–Crippen MR) is 111 cm³/mol. The Bertz CT molecular complexity index is 1140. The summed E-state index contributed by atoms with van der Waals surface area (Å²) in [6.45, 7) is 1.86. The Morgan fingerprint density at radius 1 is 1.11 bits per heavy atom. The first-order chi connectivity index (χ1) is 13.5. The van der Waals surface area contributed by atoms with Gasteiger partial charge in [-0.15, -0.1) is 11.3 Å². The summed E-state index contributed by atoms with van der Waals surface area (Å²) in [6.07, 6.45) is 3.18. The summed E-state index contributed by atoms with van der Waals surface area (Å²) >= 11 is 2.77. The van der Waals surface area contributed by atoms with Gasteiger partial charge in [0.2, 0.25) is 0 Å². The molecule has 4 rings (SSSR count). The molecule has 0 bridgehead atoms. The fourth-order valence-corrected chi connectivity index (χ4v) is 4.75. The van der Waals surface area contributed by atoms with Crippen LogP contribution < -0.4 is 5.32 Å². The van der Waals surface area contributed by atoms with E-state index in [0.717, 1.165) is 21.6 Å². The van der Waals surface area contributed by atoms with Crippen LogP contribution >= 0.6 is 22.7 Å². The number of carbonyl (C=O) groups excluding carboxylic acids is 1. The fraction of sp³-hybridized carbons (Fsp3) is 0.0476. The molecule has 0 atom stereocenters. The van der Waals surface area contributed by atoms with E-state index in [2.05, 4.69) is 5.32 Å². The second-order valence-electron chi connectivity index (χ2n) is 6.10. The lowest BCUT2D eigenvalue weighted by molar-refractivity contribution is 0.0699. The van der Waals surface area contributed by atoms with Crippen molar-refractivity contribution in [2.75, 3.05) is 5.32 Å². The highest BCUT2D eigenvalue weighted by Gasteiger charge is 2.24. The van der Waals surface area contributed by atoms with Gasteiger partial charge in [-0.1, -0.05) is 12.1 Å². The molecule has 5 nitrogen and oxygen atoms in total. The monoisotopic (exact) mass is 409 g/mol. The van der Waals surface area contributed by atoms with Crippen LogP contribution in [0.25, 0.3) is 22.3 Å². The molecule has 7 heteroatoms. The Morgan fingerprint density at radius 2 is 1.96 bits per heavy atom. The van der Waals surface area contributed by atoms with Gasteiger partial charge in [-0.05, 0) is 53.1 Å². The fourth-order valence-electron chi connectivity index (χ4n) is 3.04. The molecule has 0 radical (unpaired) electrons. The number of nitrogens with one attached hydrogen (secondary N) is 1. The standard InChI is InChI=1S/C21H15NO4S2/c1-12-17(16-6-8-27-11-16)18(21(24)25)20(28-12)22-19(23)14-4-2-3-13(9-14)15-5-7-26-10-15/h2-11H,1H3,(H,22,23)(H,24,25). The van der Waals surface area contributed by atoms with Gasteiger partial charge in [-0.3, -0.25) is 4.79 Å². The molecule has 0 aliphatic rings. The third-order valence-corrected chi connectivity index (χ3v) is 6.02. The predicted octanol–water partition coefficient (Wildman–Crippen LogP) is 6.00. The zero-order chi connectivity index (χ0) is 19.7. The summed E-state index contributed by atoms with van der Waals surface area (Å²) in [5.41, 5.74) is 3.78. The first-order valence-corrected chi connectivity index (χ1v) is 10.1. The summed E-state index contributed by atoms with van der Waals surface area (Å²) in [7, 11) is 0. The Hall–Kier alpha value is -3.16. The van der Waals surface area contributed by atoms with Crippen LogP contribution in [-0.4, -0.2) is 17.0 Å². The molecule has 3 aromatic heterocycles. The Balaban J connectivity index is 1.68. The van der Waals surface area contributed by atoms with Crippen molar-refractivity contribution in [1.82, 2.24) is 0 Å². The van der Waals surface area contributed by atoms with Gasteiger partial charge in [0.05, 0.1) is 12.5 Å². The number of furan rings is 1. The SMILES string of the molecule is Cc1sc(NC(=O)c2cccc(-c3ccoc3)c2)c(C(=O)O)c1-c1ccsc1. The van der Waals surface area contributed by atoms with E-state index < -0.39 is 5.97 Å². The maximum atomic E-state index is 12.8. The van der Waals surface area contributed by atoms with E-state index in [-0.39, 0.29) is 11.5 Å². The molecule has 0 unspecified atom stereocenters. The number of carbonyl (C=O) groups is 2. The molecule has 0 saturated heterocycles. The van der Waals surface area contributed by atoms with Crippen molar-refractivity contribution in [2.45, 2.75) is 6.92 Å². The zero-order valence-corrected chi connectivity index (χ0v) is 16.4. The number of carboxylic acid groups (broad SMARTS) is 1. The van der Waals surface area contributed by atoms with Crippen LogP contribution in [0.15, 0.2) is 64.1 Å². The van der Waals surface area contributed by atoms with Gasteiger partial charge < -0.3 is 14.8 Å². The summed E-state index contributed by atoms with van der Waals surface area (Å²) < 4.78 is 5.09. The van der Waals surface area contributed by atoms with E-state index >= 15 is 0 Å². The van der Waals surface area contributed by atoms with E-state index in [1.54, 1.807) is 30.7 Å². The molecule has 140 valence electrons. The van der Waals surface area contributed by atoms with E-state index in [1.165, 1.54) is 22.7 Å². The Labute approximate surface area is 168 Å². The van der Waals surface area contributed by atoms with Gasteiger partial charge in [0.25, 0.3) is 5.91 Å². The number of benzene rings is 1. The van der Waals surface area contributed by atoms with Crippen LogP contribution in [0.2, 0.25) is 0 Å². The highest BCUT2D eigenvalue weighted by atomic mass is 32.1. The molecule has 0 saturated carbocycles. The average molecular weight is 409 g/mol. The van der Waals surface area contributed by atoms with Gasteiger partial charge in [-0.25, -0.2) is 4.79 Å². The number of aryl methyl sites for hydroxylation is 1. The molecular formula is C21H15NO4S2. The average Bonchev–Trinajstić information content (AvgIpc) is 3.42. The van der Waals surface area contributed by atoms with E-state index in [9.17, 15) is 14.7 Å². The molecule has 4 aromatic rings. The van der Waals surface area contributed by atoms with Crippen LogP contribution in [0.1, 0.15) is 25.6 Å². The number of hydrogen-bond donors (Lipinski definition) is 2. The third-order valence-electron chi connectivity index (χ3n) is 4.31. The minimum absolute atomic E-state index is 0.125. The Morgan fingerprint density at radius 3 is 2.64 bits per heavy atom. The van der Waals surface area contributed by atoms with Gasteiger partial charge in [0.15, 0.2) is 0 Å². The van der Waals surface area contributed by atoms with E-state index in [1.807, 2.05) is 35.9 Å². The molecule has 0 aliphatic carbocycles. The molecule has 0 fully saturated rings. The molecule has 0 aliphatic heterocycles. The van der Waals surface area contributed by atoms with Gasteiger partial charge >= 0.3 is 5.97 Å². The number of rotatable bonds is 5. The quantitative estimate of drug-likeness (QED) is 0.424. The molecule has 28 heavy (non-hydrogen) atoms. The number of thiophene rings is 2. The lowest BCUT2D eigenvalue weighted by Gasteiger charge is -2.07. The topological polar surface area (TPSA) is 79.5 Å². The van der Waals surface area contributed by atoms with Gasteiger partial charge in [0.1, 0.15) is 10.6 Å². The number of carboxylic acids is 1. The van der Waals surface area contributed by atoms with Crippen molar-refractivity contribution in [1.29, 1.82) is 0 Å². The van der Waals surface area contributed by atoms with Crippen molar-refractivity contribution in [2.24, 2.45) is 0 Å². The minimum Gasteiger partial charge on any atom is -0.478 e. The normalized spacial score (nSPS) is 10.8. The summed E-state index contributed by atoms with van der Waals surface area (Å²) in [6, 6.07) is 10.8. The van der Waals surface area contributed by atoms with Crippen molar-refractivity contribution >= 4 is 39.6 Å². The lowest BCUT2D eigenvalue weighted by Crippen LogP contribution is -2.13. The maximum absolute atomic E-state index is 12.8. The number of amides is 1. The molecule has 3 heterocycles. The van der Waals surface area contributed by atoms with E-state index in [0.29, 0.717) is 16.1 Å². The largest absolute Gasteiger partial charge is 0.478 e. The van der Waals surface area contributed by atoms with Crippen LogP contribution in [0.4, 0.5) is 5.00 Å². The second kappa shape index (κ2) is 7.46. The van der Waals surface area contributed by atoms with Crippen LogP contribution in [0.5, 0.6) is 0 Å². The lowest BCUT2D eigenvalue weighted by atomic mass is 10.0. The van der Waals surface area contributed by atoms with E-state index in [4.69, 9.17) is 4.42 Å². The van der Waals surface area contributed by atoms with Crippen molar-refractivity contribution < 1.29 is 19.1 Å². The van der Waals surface area contributed by atoms with Crippen LogP contribution in [0.3, 0.4) is 0 Å². The molecule has 0 spiro atoms. The van der Waals surface area contributed by atoms with Crippen molar-refractivity contribution in [3.05, 3.63) is 75.7 Å². The van der Waals surface area contributed by atoms with Crippen molar-refractivity contribution in [3.63, 3.8) is 0 Å². The zero-order valence-electron chi connectivity index (χ0n) is 14.8.